The SMILES string of the molecule is CCN(CC)C(=S)c1ccc(OC)cc1. The van der Waals surface area contributed by atoms with Gasteiger partial charge in [0.15, 0.2) is 0 Å². The van der Waals surface area contributed by atoms with Crippen molar-refractivity contribution in [3.63, 3.8) is 0 Å². The van der Waals surface area contributed by atoms with Crippen molar-refractivity contribution in [1.29, 1.82) is 0 Å². The Morgan fingerprint density at radius 2 is 1.73 bits per heavy atom. The first-order valence-electron chi connectivity index (χ1n) is 5.16. The molecule has 0 spiro atoms. The summed E-state index contributed by atoms with van der Waals surface area (Å²) in [6, 6.07) is 7.87. The zero-order valence-corrected chi connectivity index (χ0v) is 10.3. The average molecular weight is 223 g/mol. The van der Waals surface area contributed by atoms with Crippen LogP contribution in [0.1, 0.15) is 19.4 Å². The number of ether oxygens (including phenoxy) is 1. The highest BCUT2D eigenvalue weighted by Gasteiger charge is 2.07. The molecule has 0 aliphatic rings. The van der Waals surface area contributed by atoms with Crippen LogP contribution in [-0.2, 0) is 0 Å². The maximum absolute atomic E-state index is 5.40. The summed E-state index contributed by atoms with van der Waals surface area (Å²) in [5, 5.41) is 0. The van der Waals surface area contributed by atoms with Crippen LogP contribution in [0.3, 0.4) is 0 Å². The van der Waals surface area contributed by atoms with Crippen molar-refractivity contribution >= 4 is 17.2 Å². The van der Waals surface area contributed by atoms with Gasteiger partial charge in [-0.25, -0.2) is 0 Å². The first-order valence-corrected chi connectivity index (χ1v) is 5.57. The zero-order chi connectivity index (χ0) is 11.3. The van der Waals surface area contributed by atoms with Crippen LogP contribution in [0.4, 0.5) is 0 Å². The third-order valence-electron chi connectivity index (χ3n) is 2.39. The smallest absolute Gasteiger partial charge is 0.118 e. The van der Waals surface area contributed by atoms with Crippen LogP contribution in [0.2, 0.25) is 0 Å². The maximum Gasteiger partial charge on any atom is 0.118 e. The fraction of sp³-hybridized carbons (Fsp3) is 0.417. The van der Waals surface area contributed by atoms with E-state index < -0.39 is 0 Å². The number of hydrogen-bond acceptors (Lipinski definition) is 2. The second kappa shape index (κ2) is 5.71. The standard InChI is InChI=1S/C12H17NOS/c1-4-13(5-2)12(15)10-6-8-11(14-3)9-7-10/h6-9H,4-5H2,1-3H3. The Balaban J connectivity index is 2.82. The quantitative estimate of drug-likeness (QED) is 0.728. The minimum atomic E-state index is 0.862. The molecule has 0 fully saturated rings. The fourth-order valence-corrected chi connectivity index (χ4v) is 1.82. The molecule has 0 atom stereocenters. The molecule has 1 aromatic carbocycles. The number of rotatable bonds is 4. The molecule has 0 amide bonds. The van der Waals surface area contributed by atoms with E-state index in [9.17, 15) is 0 Å². The van der Waals surface area contributed by atoms with Gasteiger partial charge in [0.05, 0.1) is 7.11 Å². The van der Waals surface area contributed by atoms with Gasteiger partial charge < -0.3 is 9.64 Å². The molecular formula is C12H17NOS. The molecule has 15 heavy (non-hydrogen) atoms. The lowest BCUT2D eigenvalue weighted by molar-refractivity contribution is 0.414. The third-order valence-corrected chi connectivity index (χ3v) is 2.88. The second-order valence-corrected chi connectivity index (χ2v) is 3.59. The highest BCUT2D eigenvalue weighted by molar-refractivity contribution is 7.80. The number of nitrogens with zero attached hydrogens (tertiary/aromatic N) is 1. The van der Waals surface area contributed by atoms with Gasteiger partial charge in [0, 0.05) is 18.7 Å². The molecular weight excluding hydrogens is 206 g/mol. The van der Waals surface area contributed by atoms with Crippen molar-refractivity contribution in [3.8, 4) is 5.75 Å². The van der Waals surface area contributed by atoms with Gasteiger partial charge in [0.2, 0.25) is 0 Å². The van der Waals surface area contributed by atoms with Gasteiger partial charge in [-0.2, -0.15) is 0 Å². The van der Waals surface area contributed by atoms with E-state index in [1.54, 1.807) is 7.11 Å². The van der Waals surface area contributed by atoms with Gasteiger partial charge in [0.25, 0.3) is 0 Å². The summed E-state index contributed by atoms with van der Waals surface area (Å²) >= 11 is 5.40. The van der Waals surface area contributed by atoms with Gasteiger partial charge in [-0.1, -0.05) is 12.2 Å². The fourth-order valence-electron chi connectivity index (χ4n) is 1.43. The van der Waals surface area contributed by atoms with Crippen molar-refractivity contribution in [1.82, 2.24) is 4.90 Å². The van der Waals surface area contributed by atoms with Crippen LogP contribution in [0.5, 0.6) is 5.75 Å². The molecule has 0 saturated carbocycles. The van der Waals surface area contributed by atoms with E-state index in [2.05, 4.69) is 18.7 Å². The van der Waals surface area contributed by atoms with Gasteiger partial charge in [-0.3, -0.25) is 0 Å². The van der Waals surface area contributed by atoms with Crippen LogP contribution in [-0.4, -0.2) is 30.1 Å². The largest absolute Gasteiger partial charge is 0.497 e. The van der Waals surface area contributed by atoms with Gasteiger partial charge in [-0.15, -0.1) is 0 Å². The monoisotopic (exact) mass is 223 g/mol. The predicted octanol–water partition coefficient (Wildman–Crippen LogP) is 2.71. The summed E-state index contributed by atoms with van der Waals surface area (Å²) in [5.41, 5.74) is 1.08. The Morgan fingerprint density at radius 1 is 1.20 bits per heavy atom. The highest BCUT2D eigenvalue weighted by Crippen LogP contribution is 2.13. The molecule has 0 unspecified atom stereocenters. The molecule has 0 aromatic heterocycles. The Labute approximate surface area is 96.9 Å². The minimum absolute atomic E-state index is 0.862. The number of benzene rings is 1. The van der Waals surface area contributed by atoms with Gasteiger partial charge in [0.1, 0.15) is 10.7 Å². The van der Waals surface area contributed by atoms with Crippen LogP contribution in [0.15, 0.2) is 24.3 Å². The molecule has 0 aliphatic carbocycles. The Hall–Kier alpha value is -1.09. The lowest BCUT2D eigenvalue weighted by atomic mass is 10.2. The highest BCUT2D eigenvalue weighted by atomic mass is 32.1. The first-order chi connectivity index (χ1) is 7.22. The normalized spacial score (nSPS) is 9.80. The summed E-state index contributed by atoms with van der Waals surface area (Å²) in [6.45, 7) is 6.11. The van der Waals surface area contributed by atoms with Crippen LogP contribution >= 0.6 is 12.2 Å². The number of methoxy groups -OCH3 is 1. The minimum Gasteiger partial charge on any atom is -0.497 e. The lowest BCUT2D eigenvalue weighted by Gasteiger charge is -2.21. The Bertz CT molecular complexity index is 317. The van der Waals surface area contributed by atoms with E-state index >= 15 is 0 Å². The topological polar surface area (TPSA) is 12.5 Å². The molecule has 3 heteroatoms. The number of hydrogen-bond donors (Lipinski definition) is 0. The molecule has 0 radical (unpaired) electrons. The Kier molecular flexibility index (Phi) is 4.56. The zero-order valence-electron chi connectivity index (χ0n) is 9.49. The van der Waals surface area contributed by atoms with Crippen LogP contribution in [0.25, 0.3) is 0 Å². The molecule has 82 valence electrons. The van der Waals surface area contributed by atoms with E-state index in [1.807, 2.05) is 24.3 Å². The van der Waals surface area contributed by atoms with E-state index in [4.69, 9.17) is 17.0 Å². The van der Waals surface area contributed by atoms with Crippen molar-refractivity contribution in [3.05, 3.63) is 29.8 Å². The molecule has 0 saturated heterocycles. The third kappa shape index (κ3) is 2.93. The van der Waals surface area contributed by atoms with Crippen molar-refractivity contribution in [2.45, 2.75) is 13.8 Å². The maximum atomic E-state index is 5.40. The van der Waals surface area contributed by atoms with E-state index in [-0.39, 0.29) is 0 Å². The lowest BCUT2D eigenvalue weighted by Crippen LogP contribution is -2.29. The summed E-state index contributed by atoms with van der Waals surface area (Å²) in [7, 11) is 1.66. The van der Waals surface area contributed by atoms with Crippen molar-refractivity contribution in [2.75, 3.05) is 20.2 Å². The van der Waals surface area contributed by atoms with Gasteiger partial charge in [-0.05, 0) is 38.1 Å². The van der Waals surface area contributed by atoms with E-state index in [0.29, 0.717) is 0 Å². The average Bonchev–Trinajstić information content (AvgIpc) is 2.30. The summed E-state index contributed by atoms with van der Waals surface area (Å²) in [6.07, 6.45) is 0. The van der Waals surface area contributed by atoms with Crippen molar-refractivity contribution < 1.29 is 4.74 Å². The molecule has 2 nitrogen and oxygen atoms in total. The summed E-state index contributed by atoms with van der Waals surface area (Å²) in [4.78, 5) is 3.07. The van der Waals surface area contributed by atoms with Crippen LogP contribution in [0, 0.1) is 0 Å². The molecule has 1 rings (SSSR count). The predicted molar refractivity (Wildman–Crippen MR) is 67.6 cm³/mol. The second-order valence-electron chi connectivity index (χ2n) is 3.21. The van der Waals surface area contributed by atoms with Crippen LogP contribution < -0.4 is 4.74 Å². The molecule has 0 N–H and O–H groups in total. The van der Waals surface area contributed by atoms with E-state index in [0.717, 1.165) is 29.4 Å². The molecule has 1 aromatic rings. The summed E-state index contributed by atoms with van der Waals surface area (Å²) < 4.78 is 5.11. The number of thiocarbonyl (C=S) groups is 1. The first kappa shape index (κ1) is 12.0. The van der Waals surface area contributed by atoms with E-state index in [1.165, 1.54) is 0 Å². The summed E-state index contributed by atoms with van der Waals surface area (Å²) in [5.74, 6) is 0.862. The van der Waals surface area contributed by atoms with Gasteiger partial charge >= 0.3 is 0 Å². The Morgan fingerprint density at radius 3 is 2.13 bits per heavy atom. The van der Waals surface area contributed by atoms with Crippen molar-refractivity contribution in [2.24, 2.45) is 0 Å². The molecule has 0 heterocycles. The molecule has 0 bridgehead atoms. The molecule has 0 aliphatic heterocycles.